The fourth-order valence-electron chi connectivity index (χ4n) is 2.24. The zero-order valence-electron chi connectivity index (χ0n) is 11.5. The highest BCUT2D eigenvalue weighted by atomic mass is 35.5. The van der Waals surface area contributed by atoms with Gasteiger partial charge in [0.05, 0.1) is 11.1 Å². The Morgan fingerprint density at radius 3 is 2.33 bits per heavy atom. The van der Waals surface area contributed by atoms with Crippen molar-refractivity contribution in [1.82, 2.24) is 0 Å². The standard InChI is InChI=1S/C16H16ClF2NO/c1-9-2-4-10(5-3-9)12(8-20)16(21)11-6-15(19)13(17)7-14(11)18/h2-7,12,16,21H,8,20H2,1H3. The van der Waals surface area contributed by atoms with Gasteiger partial charge in [-0.15, -0.1) is 0 Å². The van der Waals surface area contributed by atoms with E-state index in [1.807, 2.05) is 31.2 Å². The number of benzene rings is 2. The number of nitrogens with two attached hydrogens (primary N) is 1. The molecule has 2 aromatic rings. The van der Waals surface area contributed by atoms with Gasteiger partial charge in [0.15, 0.2) is 0 Å². The average molecular weight is 312 g/mol. The molecule has 0 aromatic heterocycles. The van der Waals surface area contributed by atoms with E-state index in [9.17, 15) is 13.9 Å². The van der Waals surface area contributed by atoms with Gasteiger partial charge in [-0.3, -0.25) is 0 Å². The SMILES string of the molecule is Cc1ccc(C(CN)C(O)c2cc(F)c(Cl)cc2F)cc1. The van der Waals surface area contributed by atoms with Crippen LogP contribution in [0.25, 0.3) is 0 Å². The first-order chi connectivity index (χ1) is 9.93. The average Bonchev–Trinajstić information content (AvgIpc) is 2.45. The molecular weight excluding hydrogens is 296 g/mol. The van der Waals surface area contributed by atoms with E-state index < -0.39 is 23.7 Å². The van der Waals surface area contributed by atoms with Gasteiger partial charge in [0.25, 0.3) is 0 Å². The summed E-state index contributed by atoms with van der Waals surface area (Å²) in [7, 11) is 0. The Bertz CT molecular complexity index is 631. The van der Waals surface area contributed by atoms with Gasteiger partial charge in [0, 0.05) is 18.0 Å². The second-order valence-corrected chi connectivity index (χ2v) is 5.39. The largest absolute Gasteiger partial charge is 0.388 e. The molecule has 0 amide bonds. The van der Waals surface area contributed by atoms with Crippen LogP contribution in [0.5, 0.6) is 0 Å². The lowest BCUT2D eigenvalue weighted by Gasteiger charge is -2.23. The second kappa shape index (κ2) is 6.52. The molecule has 112 valence electrons. The minimum absolute atomic E-state index is 0.105. The van der Waals surface area contributed by atoms with Gasteiger partial charge in [-0.05, 0) is 24.6 Å². The van der Waals surface area contributed by atoms with E-state index in [4.69, 9.17) is 17.3 Å². The van der Waals surface area contributed by atoms with Crippen LogP contribution in [0.1, 0.15) is 28.7 Å². The minimum atomic E-state index is -1.25. The van der Waals surface area contributed by atoms with Crippen molar-refractivity contribution in [1.29, 1.82) is 0 Å². The summed E-state index contributed by atoms with van der Waals surface area (Å²) < 4.78 is 27.4. The first kappa shape index (κ1) is 15.9. The van der Waals surface area contributed by atoms with Crippen LogP contribution >= 0.6 is 11.6 Å². The smallest absolute Gasteiger partial charge is 0.142 e. The molecule has 0 aliphatic heterocycles. The minimum Gasteiger partial charge on any atom is -0.388 e. The monoisotopic (exact) mass is 311 g/mol. The van der Waals surface area contributed by atoms with E-state index >= 15 is 0 Å². The van der Waals surface area contributed by atoms with Crippen molar-refractivity contribution in [2.75, 3.05) is 6.54 Å². The maximum absolute atomic E-state index is 13.9. The van der Waals surface area contributed by atoms with Crippen LogP contribution in [0, 0.1) is 18.6 Å². The predicted molar refractivity (Wildman–Crippen MR) is 79.3 cm³/mol. The molecule has 0 spiro atoms. The lowest BCUT2D eigenvalue weighted by molar-refractivity contribution is 0.142. The summed E-state index contributed by atoms with van der Waals surface area (Å²) in [6.07, 6.45) is -1.25. The molecule has 0 heterocycles. The molecule has 0 aliphatic rings. The van der Waals surface area contributed by atoms with Crippen molar-refractivity contribution in [2.45, 2.75) is 18.9 Å². The van der Waals surface area contributed by atoms with Gasteiger partial charge in [0.2, 0.25) is 0 Å². The lowest BCUT2D eigenvalue weighted by atomic mass is 9.88. The molecule has 0 saturated heterocycles. The van der Waals surface area contributed by atoms with E-state index in [1.165, 1.54) is 0 Å². The number of halogens is 3. The maximum Gasteiger partial charge on any atom is 0.142 e. The van der Waals surface area contributed by atoms with Crippen LogP contribution in [0.15, 0.2) is 36.4 Å². The van der Waals surface area contributed by atoms with Crippen molar-refractivity contribution in [3.63, 3.8) is 0 Å². The molecule has 3 N–H and O–H groups in total. The molecule has 5 heteroatoms. The molecular formula is C16H16ClF2NO. The number of aryl methyl sites for hydroxylation is 1. The van der Waals surface area contributed by atoms with Crippen molar-refractivity contribution < 1.29 is 13.9 Å². The zero-order valence-corrected chi connectivity index (χ0v) is 12.2. The number of aliphatic hydroxyl groups is 1. The Balaban J connectivity index is 2.38. The van der Waals surface area contributed by atoms with E-state index in [-0.39, 0.29) is 17.1 Å². The fraction of sp³-hybridized carbons (Fsp3) is 0.250. The van der Waals surface area contributed by atoms with Crippen molar-refractivity contribution >= 4 is 11.6 Å². The third-order valence-electron chi connectivity index (χ3n) is 3.50. The Labute approximate surface area is 127 Å². The number of aliphatic hydroxyl groups excluding tert-OH is 1. The highest BCUT2D eigenvalue weighted by Crippen LogP contribution is 2.33. The van der Waals surface area contributed by atoms with E-state index in [1.54, 1.807) is 0 Å². The summed E-state index contributed by atoms with van der Waals surface area (Å²) in [4.78, 5) is 0. The third-order valence-corrected chi connectivity index (χ3v) is 3.79. The van der Waals surface area contributed by atoms with Gasteiger partial charge < -0.3 is 10.8 Å². The molecule has 0 aliphatic carbocycles. The van der Waals surface area contributed by atoms with Crippen molar-refractivity contribution in [3.8, 4) is 0 Å². The third kappa shape index (κ3) is 3.40. The highest BCUT2D eigenvalue weighted by molar-refractivity contribution is 6.30. The first-order valence-electron chi connectivity index (χ1n) is 6.53. The molecule has 2 nitrogen and oxygen atoms in total. The normalized spacial score (nSPS) is 14.0. The van der Waals surface area contributed by atoms with Gasteiger partial charge in [-0.2, -0.15) is 0 Å². The van der Waals surface area contributed by atoms with Crippen LogP contribution in [0.4, 0.5) is 8.78 Å². The van der Waals surface area contributed by atoms with E-state index in [0.29, 0.717) is 0 Å². The summed E-state index contributed by atoms with van der Waals surface area (Å²) in [6.45, 7) is 2.04. The predicted octanol–water partition coefficient (Wildman–Crippen LogP) is 3.70. The van der Waals surface area contributed by atoms with Crippen LogP contribution in [-0.4, -0.2) is 11.7 Å². The molecule has 0 radical (unpaired) electrons. The number of rotatable bonds is 4. The summed E-state index contributed by atoms with van der Waals surface area (Å²) in [6, 6.07) is 9.17. The summed E-state index contributed by atoms with van der Waals surface area (Å²) in [5.41, 5.74) is 7.38. The fourth-order valence-corrected chi connectivity index (χ4v) is 2.39. The second-order valence-electron chi connectivity index (χ2n) is 4.99. The quantitative estimate of drug-likeness (QED) is 0.846. The summed E-state index contributed by atoms with van der Waals surface area (Å²) >= 11 is 5.52. The Kier molecular flexibility index (Phi) is 4.93. The summed E-state index contributed by atoms with van der Waals surface area (Å²) in [5, 5.41) is 10.1. The first-order valence-corrected chi connectivity index (χ1v) is 6.91. The number of hydrogen-bond acceptors (Lipinski definition) is 2. The molecule has 2 rings (SSSR count). The molecule has 2 aromatic carbocycles. The Morgan fingerprint density at radius 2 is 1.76 bits per heavy atom. The van der Waals surface area contributed by atoms with Gasteiger partial charge in [-0.1, -0.05) is 41.4 Å². The lowest BCUT2D eigenvalue weighted by Crippen LogP contribution is -2.21. The van der Waals surface area contributed by atoms with Gasteiger partial charge in [0.1, 0.15) is 11.6 Å². The molecule has 0 bridgehead atoms. The topological polar surface area (TPSA) is 46.2 Å². The highest BCUT2D eigenvalue weighted by Gasteiger charge is 2.25. The van der Waals surface area contributed by atoms with Gasteiger partial charge in [-0.25, -0.2) is 8.78 Å². The molecule has 0 saturated carbocycles. The van der Waals surface area contributed by atoms with Crippen LogP contribution < -0.4 is 5.73 Å². The van der Waals surface area contributed by atoms with Crippen molar-refractivity contribution in [2.24, 2.45) is 5.73 Å². The zero-order chi connectivity index (χ0) is 15.6. The van der Waals surface area contributed by atoms with E-state index in [0.717, 1.165) is 23.3 Å². The Morgan fingerprint density at radius 1 is 1.14 bits per heavy atom. The van der Waals surface area contributed by atoms with Crippen LogP contribution in [-0.2, 0) is 0 Å². The van der Waals surface area contributed by atoms with Gasteiger partial charge >= 0.3 is 0 Å². The molecule has 0 fully saturated rings. The van der Waals surface area contributed by atoms with E-state index in [2.05, 4.69) is 0 Å². The van der Waals surface area contributed by atoms with Crippen LogP contribution in [0.3, 0.4) is 0 Å². The van der Waals surface area contributed by atoms with Crippen LogP contribution in [0.2, 0.25) is 5.02 Å². The molecule has 21 heavy (non-hydrogen) atoms. The maximum atomic E-state index is 13.9. The summed E-state index contributed by atoms with van der Waals surface area (Å²) in [5.74, 6) is -2.05. The molecule has 2 atom stereocenters. The number of hydrogen-bond donors (Lipinski definition) is 2. The van der Waals surface area contributed by atoms with Crippen molar-refractivity contribution in [3.05, 3.63) is 69.7 Å². The Hall–Kier alpha value is -1.49. The molecule has 2 unspecified atom stereocenters.